The molecule has 0 saturated carbocycles. The fourth-order valence-corrected chi connectivity index (χ4v) is 3.98. The lowest BCUT2D eigenvalue weighted by Gasteiger charge is -2.31. The Hall–Kier alpha value is -3.41. The molecule has 6 nitrogen and oxygen atoms in total. The second-order valence-electron chi connectivity index (χ2n) is 7.58. The number of aryl methyl sites for hydroxylation is 1. The lowest BCUT2D eigenvalue weighted by atomic mass is 9.95. The number of rotatable bonds is 4. The molecule has 0 atom stereocenters. The number of para-hydroxylation sites is 3. The molecule has 4 rings (SSSR count). The Bertz CT molecular complexity index is 1090. The van der Waals surface area contributed by atoms with Gasteiger partial charge >= 0.3 is 0 Å². The Balaban J connectivity index is 1.43. The maximum absolute atomic E-state index is 13.2. The van der Waals surface area contributed by atoms with Crippen LogP contribution < -0.4 is 10.1 Å². The molecule has 1 saturated heterocycles. The van der Waals surface area contributed by atoms with Crippen molar-refractivity contribution in [2.24, 2.45) is 5.92 Å². The number of fused-ring (bicyclic) bond motifs is 1. The Morgan fingerprint density at radius 1 is 1.07 bits per heavy atom. The molecule has 0 radical (unpaired) electrons. The molecule has 0 bridgehead atoms. The zero-order valence-corrected chi connectivity index (χ0v) is 17.2. The number of likely N-dealkylation sites (tertiary alicyclic amines) is 1. The summed E-state index contributed by atoms with van der Waals surface area (Å²) in [7, 11) is 1.58. The van der Waals surface area contributed by atoms with E-state index in [2.05, 4.69) is 10.3 Å². The van der Waals surface area contributed by atoms with Gasteiger partial charge in [-0.15, -0.1) is 0 Å². The van der Waals surface area contributed by atoms with Gasteiger partial charge in [-0.3, -0.25) is 14.6 Å². The Labute approximate surface area is 175 Å². The van der Waals surface area contributed by atoms with Crippen LogP contribution in [0.4, 0.5) is 5.69 Å². The van der Waals surface area contributed by atoms with Gasteiger partial charge in [0, 0.05) is 30.1 Å². The molecule has 154 valence electrons. The van der Waals surface area contributed by atoms with Crippen molar-refractivity contribution in [2.75, 3.05) is 25.5 Å². The van der Waals surface area contributed by atoms with E-state index >= 15 is 0 Å². The standard InChI is InChI=1S/C24H25N3O3/c1-16-15-19(18-7-3-4-8-20(18)25-16)24(29)27-13-11-17(12-14-27)23(28)26-21-9-5-6-10-22(21)30-2/h3-10,15,17H,11-14H2,1-2H3,(H,26,28). The highest BCUT2D eigenvalue weighted by molar-refractivity contribution is 6.06. The maximum atomic E-state index is 13.2. The number of aromatic nitrogens is 1. The second-order valence-corrected chi connectivity index (χ2v) is 7.58. The molecular weight excluding hydrogens is 378 g/mol. The van der Waals surface area contributed by atoms with E-state index in [0.717, 1.165) is 16.6 Å². The number of pyridine rings is 1. The van der Waals surface area contributed by atoms with Crippen molar-refractivity contribution in [1.82, 2.24) is 9.88 Å². The van der Waals surface area contributed by atoms with Crippen molar-refractivity contribution in [3.8, 4) is 5.75 Å². The first-order chi connectivity index (χ1) is 14.6. The van der Waals surface area contributed by atoms with Crippen LogP contribution in [-0.4, -0.2) is 41.9 Å². The minimum Gasteiger partial charge on any atom is -0.495 e. The SMILES string of the molecule is COc1ccccc1NC(=O)C1CCN(C(=O)c2cc(C)nc3ccccc23)CC1. The minimum atomic E-state index is -0.130. The summed E-state index contributed by atoms with van der Waals surface area (Å²) >= 11 is 0. The van der Waals surface area contributed by atoms with Gasteiger partial charge in [-0.2, -0.15) is 0 Å². The molecule has 0 spiro atoms. The zero-order chi connectivity index (χ0) is 21.1. The summed E-state index contributed by atoms with van der Waals surface area (Å²) in [5.74, 6) is 0.477. The third kappa shape index (κ3) is 3.99. The molecule has 1 N–H and O–H groups in total. The number of ether oxygens (including phenoxy) is 1. The van der Waals surface area contributed by atoms with Gasteiger partial charge in [-0.25, -0.2) is 0 Å². The Morgan fingerprint density at radius 2 is 1.77 bits per heavy atom. The summed E-state index contributed by atoms with van der Waals surface area (Å²) in [5, 5.41) is 3.83. The first-order valence-electron chi connectivity index (χ1n) is 10.2. The van der Waals surface area contributed by atoms with E-state index in [1.165, 1.54) is 0 Å². The van der Waals surface area contributed by atoms with E-state index in [9.17, 15) is 9.59 Å². The molecule has 2 aromatic carbocycles. The van der Waals surface area contributed by atoms with Gasteiger partial charge in [-0.1, -0.05) is 30.3 Å². The van der Waals surface area contributed by atoms with Crippen molar-refractivity contribution in [3.05, 3.63) is 65.9 Å². The van der Waals surface area contributed by atoms with Gasteiger partial charge in [-0.05, 0) is 44.0 Å². The molecule has 1 aliphatic rings. The lowest BCUT2D eigenvalue weighted by molar-refractivity contribution is -0.121. The monoisotopic (exact) mass is 403 g/mol. The number of methoxy groups -OCH3 is 1. The second kappa shape index (κ2) is 8.53. The van der Waals surface area contributed by atoms with E-state index in [1.807, 2.05) is 66.4 Å². The van der Waals surface area contributed by atoms with Crippen molar-refractivity contribution in [1.29, 1.82) is 0 Å². The van der Waals surface area contributed by atoms with Crippen LogP contribution in [0, 0.1) is 12.8 Å². The van der Waals surface area contributed by atoms with Crippen LogP contribution in [0.2, 0.25) is 0 Å². The largest absolute Gasteiger partial charge is 0.495 e. The van der Waals surface area contributed by atoms with Crippen LogP contribution >= 0.6 is 0 Å². The first kappa shape index (κ1) is 19.9. The Morgan fingerprint density at radius 3 is 2.53 bits per heavy atom. The number of amides is 2. The highest BCUT2D eigenvalue weighted by atomic mass is 16.5. The first-order valence-corrected chi connectivity index (χ1v) is 10.2. The van der Waals surface area contributed by atoms with Crippen LogP contribution in [0.15, 0.2) is 54.6 Å². The Kier molecular flexibility index (Phi) is 5.65. The number of nitrogens with zero attached hydrogens (tertiary/aromatic N) is 2. The molecule has 30 heavy (non-hydrogen) atoms. The van der Waals surface area contributed by atoms with E-state index in [-0.39, 0.29) is 17.7 Å². The summed E-state index contributed by atoms with van der Waals surface area (Å²) in [6.07, 6.45) is 1.27. The molecule has 0 unspecified atom stereocenters. The molecule has 1 aliphatic heterocycles. The summed E-state index contributed by atoms with van der Waals surface area (Å²) < 4.78 is 5.30. The van der Waals surface area contributed by atoms with E-state index in [4.69, 9.17) is 4.74 Å². The summed E-state index contributed by atoms with van der Waals surface area (Å²) in [5.41, 5.74) is 2.99. The predicted octanol–water partition coefficient (Wildman–Crippen LogP) is 4.04. The number of anilines is 1. The molecule has 2 heterocycles. The topological polar surface area (TPSA) is 71.5 Å². The molecule has 1 aromatic heterocycles. The molecule has 2 amide bonds. The number of benzene rings is 2. The molecule has 0 aliphatic carbocycles. The van der Waals surface area contributed by atoms with E-state index in [1.54, 1.807) is 7.11 Å². The third-order valence-electron chi connectivity index (χ3n) is 5.59. The zero-order valence-electron chi connectivity index (χ0n) is 17.2. The fourth-order valence-electron chi connectivity index (χ4n) is 3.98. The van der Waals surface area contributed by atoms with Gasteiger partial charge < -0.3 is 15.0 Å². The smallest absolute Gasteiger partial charge is 0.254 e. The van der Waals surface area contributed by atoms with Crippen LogP contribution in [-0.2, 0) is 4.79 Å². The number of hydrogen-bond acceptors (Lipinski definition) is 4. The number of hydrogen-bond donors (Lipinski definition) is 1. The van der Waals surface area contributed by atoms with Crippen molar-refractivity contribution >= 4 is 28.4 Å². The third-order valence-corrected chi connectivity index (χ3v) is 5.59. The number of nitrogens with one attached hydrogen (secondary N) is 1. The number of piperidine rings is 1. The minimum absolute atomic E-state index is 0.000266. The van der Waals surface area contributed by atoms with E-state index < -0.39 is 0 Å². The lowest BCUT2D eigenvalue weighted by Crippen LogP contribution is -2.41. The van der Waals surface area contributed by atoms with Gasteiger partial charge in [0.1, 0.15) is 5.75 Å². The van der Waals surface area contributed by atoms with Crippen molar-refractivity contribution < 1.29 is 14.3 Å². The highest BCUT2D eigenvalue weighted by Gasteiger charge is 2.29. The van der Waals surface area contributed by atoms with Gasteiger partial charge in [0.2, 0.25) is 5.91 Å². The van der Waals surface area contributed by atoms with Crippen molar-refractivity contribution in [2.45, 2.75) is 19.8 Å². The van der Waals surface area contributed by atoms with Crippen LogP contribution in [0.25, 0.3) is 10.9 Å². The quantitative estimate of drug-likeness (QED) is 0.714. The fraction of sp³-hybridized carbons (Fsp3) is 0.292. The molecule has 3 aromatic rings. The van der Waals surface area contributed by atoms with Crippen LogP contribution in [0.1, 0.15) is 28.9 Å². The highest BCUT2D eigenvalue weighted by Crippen LogP contribution is 2.27. The van der Waals surface area contributed by atoms with Crippen LogP contribution in [0.3, 0.4) is 0 Å². The molecule has 1 fully saturated rings. The average Bonchev–Trinajstić information content (AvgIpc) is 2.78. The van der Waals surface area contributed by atoms with Crippen LogP contribution in [0.5, 0.6) is 5.75 Å². The summed E-state index contributed by atoms with van der Waals surface area (Å²) in [6, 6.07) is 16.9. The molecule has 6 heteroatoms. The van der Waals surface area contributed by atoms with Gasteiger partial charge in [0.25, 0.3) is 5.91 Å². The maximum Gasteiger partial charge on any atom is 0.254 e. The van der Waals surface area contributed by atoms with Crippen molar-refractivity contribution in [3.63, 3.8) is 0 Å². The summed E-state index contributed by atoms with van der Waals surface area (Å²) in [6.45, 7) is 3.01. The normalized spacial score (nSPS) is 14.5. The molecular formula is C24H25N3O3. The number of carbonyl (C=O) groups is 2. The van der Waals surface area contributed by atoms with Gasteiger partial charge in [0.05, 0.1) is 23.9 Å². The van der Waals surface area contributed by atoms with E-state index in [0.29, 0.717) is 42.9 Å². The number of carbonyl (C=O) groups excluding carboxylic acids is 2. The van der Waals surface area contributed by atoms with Gasteiger partial charge in [0.15, 0.2) is 0 Å². The summed E-state index contributed by atoms with van der Waals surface area (Å²) in [4.78, 5) is 32.3. The predicted molar refractivity (Wildman–Crippen MR) is 117 cm³/mol. The average molecular weight is 403 g/mol.